The maximum Gasteiger partial charge on any atom is 0.243 e. The van der Waals surface area contributed by atoms with E-state index in [4.69, 9.17) is 21.1 Å². The molecule has 0 fully saturated rings. The van der Waals surface area contributed by atoms with Crippen LogP contribution >= 0.6 is 22.9 Å². The Morgan fingerprint density at radius 1 is 1.14 bits per heavy atom. The second kappa shape index (κ2) is 12.9. The molecule has 1 N–H and O–H groups in total. The first-order valence-electron chi connectivity index (χ1n) is 11.7. The first kappa shape index (κ1) is 28.4. The highest BCUT2D eigenvalue weighted by molar-refractivity contribution is 7.89. The molecule has 1 atom stereocenters. The summed E-state index contributed by atoms with van der Waals surface area (Å²) in [6.07, 6.45) is 1.25. The molecule has 3 aromatic rings. The summed E-state index contributed by atoms with van der Waals surface area (Å²) in [4.78, 5) is 5.56. The molecule has 0 aliphatic rings. The number of aryl methyl sites for hydroxylation is 1. The number of nitrogens with zero attached hydrogens (tertiary/aromatic N) is 2. The zero-order valence-electron chi connectivity index (χ0n) is 21.0. The van der Waals surface area contributed by atoms with E-state index in [0.29, 0.717) is 29.5 Å². The van der Waals surface area contributed by atoms with Crippen molar-refractivity contribution in [3.8, 4) is 11.5 Å². The quantitative estimate of drug-likeness (QED) is 0.308. The van der Waals surface area contributed by atoms with Crippen LogP contribution < -0.4 is 9.47 Å². The van der Waals surface area contributed by atoms with Gasteiger partial charge in [0.2, 0.25) is 10.0 Å². The normalized spacial score (nSPS) is 12.8. The molecule has 0 radical (unpaired) electrons. The molecule has 0 aliphatic heterocycles. The topological polar surface area (TPSA) is 89.0 Å². The average Bonchev–Trinajstić information content (AvgIpc) is 3.26. The highest BCUT2D eigenvalue weighted by atomic mass is 35.5. The van der Waals surface area contributed by atoms with Crippen LogP contribution in [0.25, 0.3) is 0 Å². The van der Waals surface area contributed by atoms with Crippen molar-refractivity contribution in [2.45, 2.75) is 51.1 Å². The fraction of sp³-hybridized carbons (Fsp3) is 0.423. The van der Waals surface area contributed by atoms with E-state index in [0.717, 1.165) is 17.7 Å². The zero-order valence-corrected chi connectivity index (χ0v) is 23.4. The molecule has 7 nitrogen and oxygen atoms in total. The highest BCUT2D eigenvalue weighted by Gasteiger charge is 2.32. The monoisotopic (exact) mass is 552 g/mol. The van der Waals surface area contributed by atoms with Gasteiger partial charge in [0.05, 0.1) is 36.4 Å². The van der Waals surface area contributed by atoms with Gasteiger partial charge in [-0.25, -0.2) is 13.4 Å². The van der Waals surface area contributed by atoms with Crippen LogP contribution in [0.2, 0.25) is 5.02 Å². The summed E-state index contributed by atoms with van der Waals surface area (Å²) in [5.41, 5.74) is 3.55. The van der Waals surface area contributed by atoms with Crippen LogP contribution in [0.1, 0.15) is 36.4 Å². The lowest BCUT2D eigenvalue weighted by Crippen LogP contribution is -2.42. The smallest absolute Gasteiger partial charge is 0.243 e. The van der Waals surface area contributed by atoms with E-state index in [9.17, 15) is 13.5 Å². The molecular formula is C26H33ClN2O5S2. The van der Waals surface area contributed by atoms with Crippen LogP contribution in [-0.4, -0.2) is 49.2 Å². The lowest BCUT2D eigenvalue weighted by atomic mass is 10.0. The number of halogens is 1. The van der Waals surface area contributed by atoms with Crippen LogP contribution in [0.4, 0.5) is 0 Å². The molecule has 36 heavy (non-hydrogen) atoms. The Hall–Kier alpha value is -2.17. The van der Waals surface area contributed by atoms with Gasteiger partial charge in [0.25, 0.3) is 0 Å². The molecule has 1 heterocycles. The van der Waals surface area contributed by atoms with Gasteiger partial charge >= 0.3 is 0 Å². The fourth-order valence-electron chi connectivity index (χ4n) is 3.91. The minimum atomic E-state index is -3.91. The van der Waals surface area contributed by atoms with Gasteiger partial charge in [-0.05, 0) is 61.2 Å². The maximum atomic E-state index is 13.6. The third kappa shape index (κ3) is 7.20. The lowest BCUT2D eigenvalue weighted by molar-refractivity contribution is 0.164. The molecule has 0 aliphatic carbocycles. The highest BCUT2D eigenvalue weighted by Crippen LogP contribution is 2.31. The summed E-state index contributed by atoms with van der Waals surface area (Å²) in [5, 5.41) is 10.6. The molecule has 1 unspecified atom stereocenters. The number of sulfonamides is 1. The second-order valence-electron chi connectivity index (χ2n) is 8.91. The number of ether oxygens (including phenoxy) is 2. The summed E-state index contributed by atoms with van der Waals surface area (Å²) in [6, 6.07) is 10.9. The number of hydrogen-bond donors (Lipinski definition) is 1. The van der Waals surface area contributed by atoms with E-state index >= 15 is 0 Å². The molecule has 0 spiro atoms. The minimum absolute atomic E-state index is 0.0691. The van der Waals surface area contributed by atoms with E-state index in [-0.39, 0.29) is 24.0 Å². The number of benzene rings is 2. The Balaban J connectivity index is 1.85. The maximum absolute atomic E-state index is 13.6. The van der Waals surface area contributed by atoms with E-state index in [1.165, 1.54) is 21.3 Å². The number of hydrogen-bond acceptors (Lipinski definition) is 7. The number of aromatic nitrogens is 1. The van der Waals surface area contributed by atoms with E-state index in [2.05, 4.69) is 4.98 Å². The van der Waals surface area contributed by atoms with Crippen molar-refractivity contribution < 1.29 is 23.0 Å². The van der Waals surface area contributed by atoms with Crippen LogP contribution in [0.5, 0.6) is 11.5 Å². The molecule has 2 aromatic carbocycles. The molecule has 0 saturated heterocycles. The van der Waals surface area contributed by atoms with E-state index in [1.54, 1.807) is 42.7 Å². The van der Waals surface area contributed by atoms with Gasteiger partial charge in [-0.1, -0.05) is 31.5 Å². The van der Waals surface area contributed by atoms with Gasteiger partial charge in [-0.15, -0.1) is 11.3 Å². The predicted molar refractivity (Wildman–Crippen MR) is 144 cm³/mol. The molecule has 10 heteroatoms. The molecule has 1 aromatic heterocycles. The van der Waals surface area contributed by atoms with Gasteiger partial charge in [-0.3, -0.25) is 0 Å². The summed E-state index contributed by atoms with van der Waals surface area (Å²) in [7, 11) is -2.36. The summed E-state index contributed by atoms with van der Waals surface area (Å²) in [6.45, 7) is 6.22. The Labute approximate surface area is 222 Å². The van der Waals surface area contributed by atoms with Gasteiger partial charge in [-0.2, -0.15) is 4.31 Å². The Bertz CT molecular complexity index is 1230. The van der Waals surface area contributed by atoms with Gasteiger partial charge in [0.15, 0.2) is 11.5 Å². The second-order valence-corrected chi connectivity index (χ2v) is 12.2. The third-order valence-electron chi connectivity index (χ3n) is 5.78. The summed E-state index contributed by atoms with van der Waals surface area (Å²) >= 11 is 7.58. The average molecular weight is 553 g/mol. The van der Waals surface area contributed by atoms with Crippen LogP contribution in [0, 0.1) is 12.8 Å². The first-order valence-corrected chi connectivity index (χ1v) is 14.4. The number of thiazole rings is 1. The van der Waals surface area contributed by atoms with Crippen molar-refractivity contribution in [3.63, 3.8) is 0 Å². The van der Waals surface area contributed by atoms with Gasteiger partial charge in [0, 0.05) is 28.9 Å². The molecule has 3 rings (SSSR count). The number of aliphatic hydroxyl groups is 1. The first-order chi connectivity index (χ1) is 17.1. The van der Waals surface area contributed by atoms with Crippen LogP contribution in [-0.2, 0) is 23.0 Å². The summed E-state index contributed by atoms with van der Waals surface area (Å²) < 4.78 is 40.1. The van der Waals surface area contributed by atoms with Crippen molar-refractivity contribution in [2.75, 3.05) is 20.3 Å². The fourth-order valence-corrected chi connectivity index (χ4v) is 6.41. The predicted octanol–water partition coefficient (Wildman–Crippen LogP) is 5.33. The number of aliphatic hydroxyl groups excluding tert-OH is 1. The molecule has 0 saturated carbocycles. The lowest BCUT2D eigenvalue weighted by Gasteiger charge is -2.31. The van der Waals surface area contributed by atoms with Crippen molar-refractivity contribution >= 4 is 33.0 Å². The van der Waals surface area contributed by atoms with Crippen molar-refractivity contribution in [3.05, 3.63) is 69.1 Å². The molecule has 196 valence electrons. The van der Waals surface area contributed by atoms with E-state index < -0.39 is 16.1 Å². The van der Waals surface area contributed by atoms with Crippen LogP contribution in [0.15, 0.2) is 52.9 Å². The van der Waals surface area contributed by atoms with Crippen molar-refractivity contribution in [1.29, 1.82) is 0 Å². The largest absolute Gasteiger partial charge is 0.493 e. The molecule has 0 bridgehead atoms. The van der Waals surface area contributed by atoms with E-state index in [1.807, 2.05) is 32.3 Å². The van der Waals surface area contributed by atoms with Gasteiger partial charge < -0.3 is 14.6 Å². The number of methoxy groups -OCH3 is 1. The Morgan fingerprint density at radius 2 is 1.86 bits per heavy atom. The molecular weight excluding hydrogens is 520 g/mol. The zero-order chi connectivity index (χ0) is 26.3. The molecule has 0 amide bonds. The Morgan fingerprint density at radius 3 is 2.44 bits per heavy atom. The van der Waals surface area contributed by atoms with Crippen molar-refractivity contribution in [2.24, 2.45) is 5.92 Å². The SMILES string of the molecule is COc1cc(CN(C(CO)CC(C)C)S(=O)(=O)c2ccc(Cl)cc2)ccc1OCCc1scnc1C. The Kier molecular flexibility index (Phi) is 10.2. The minimum Gasteiger partial charge on any atom is -0.493 e. The third-order valence-corrected chi connectivity index (χ3v) is 8.94. The van der Waals surface area contributed by atoms with Crippen LogP contribution in [0.3, 0.4) is 0 Å². The van der Waals surface area contributed by atoms with Gasteiger partial charge in [0.1, 0.15) is 0 Å². The van der Waals surface area contributed by atoms with Crippen molar-refractivity contribution in [1.82, 2.24) is 9.29 Å². The standard InChI is InChI=1S/C26H33ClN2O5S2/c1-18(2)13-22(16-30)29(36(31,32)23-8-6-21(27)7-9-23)15-20-5-10-24(25(14-20)33-4)34-12-11-26-19(3)28-17-35-26/h5-10,14,17-18,22,30H,11-13,15-16H2,1-4H3. The summed E-state index contributed by atoms with van der Waals surface area (Å²) in [5.74, 6) is 1.29. The number of rotatable bonds is 13.